The van der Waals surface area contributed by atoms with Crippen LogP contribution in [0.2, 0.25) is 0 Å². The van der Waals surface area contributed by atoms with Gasteiger partial charge in [0.2, 0.25) is 0 Å². The molecule has 0 radical (unpaired) electrons. The highest BCUT2D eigenvalue weighted by Crippen LogP contribution is 2.38. The molecule has 8 heteroatoms. The van der Waals surface area contributed by atoms with Crippen LogP contribution < -0.4 is 0 Å². The summed E-state index contributed by atoms with van der Waals surface area (Å²) in [6.07, 6.45) is 1.99. The van der Waals surface area contributed by atoms with E-state index in [1.807, 2.05) is 0 Å². The second kappa shape index (κ2) is 13.6. The van der Waals surface area contributed by atoms with Crippen LogP contribution in [0, 0.1) is 25.7 Å². The molecule has 186 valence electrons. The van der Waals surface area contributed by atoms with Crippen molar-refractivity contribution in [2.24, 2.45) is 11.8 Å². The Hall–Kier alpha value is -2.00. The average molecular weight is 464 g/mol. The van der Waals surface area contributed by atoms with Gasteiger partial charge in [0.1, 0.15) is 0 Å². The van der Waals surface area contributed by atoms with Crippen LogP contribution in [0.4, 0.5) is 0 Å². The molecule has 3 aliphatic rings. The van der Waals surface area contributed by atoms with Gasteiger partial charge in [0.25, 0.3) is 12.9 Å². The van der Waals surface area contributed by atoms with Gasteiger partial charge >= 0.3 is 0 Å². The van der Waals surface area contributed by atoms with Gasteiger partial charge in [-0.1, -0.05) is 24.6 Å². The zero-order valence-electron chi connectivity index (χ0n) is 20.3. The number of aliphatic hydroxyl groups excluding tert-OH is 1. The molecule has 3 atom stereocenters. The van der Waals surface area contributed by atoms with Gasteiger partial charge in [-0.2, -0.15) is 0 Å². The van der Waals surface area contributed by atoms with Crippen LogP contribution in [0.5, 0.6) is 0 Å². The van der Waals surface area contributed by atoms with E-state index in [4.69, 9.17) is 19.8 Å². The molecule has 2 heterocycles. The van der Waals surface area contributed by atoms with Crippen molar-refractivity contribution in [1.82, 2.24) is 14.7 Å². The third-order valence-corrected chi connectivity index (χ3v) is 7.27. The van der Waals surface area contributed by atoms with Crippen LogP contribution in [-0.4, -0.2) is 94.9 Å². The second-order valence-corrected chi connectivity index (χ2v) is 9.47. The number of piperazine rings is 1. The van der Waals surface area contributed by atoms with E-state index in [0.29, 0.717) is 0 Å². The first-order chi connectivity index (χ1) is 15.8. The molecular formula is C25H41N3O5. The molecule has 1 unspecified atom stereocenters. The quantitative estimate of drug-likeness (QED) is 0.570. The number of likely N-dealkylation sites (N-methyl/N-ethyl adjacent to an activating group) is 1. The molecular weight excluding hydrogens is 422 g/mol. The first-order valence-electron chi connectivity index (χ1n) is 11.9. The number of likely N-dealkylation sites (tertiary alicyclic amines) is 1. The van der Waals surface area contributed by atoms with E-state index in [-0.39, 0.29) is 19.0 Å². The third-order valence-electron chi connectivity index (χ3n) is 7.27. The highest BCUT2D eigenvalue weighted by Gasteiger charge is 2.40. The van der Waals surface area contributed by atoms with Crippen molar-refractivity contribution in [2.45, 2.75) is 52.8 Å². The Morgan fingerprint density at radius 3 is 1.73 bits per heavy atom. The van der Waals surface area contributed by atoms with Crippen molar-refractivity contribution in [3.63, 3.8) is 0 Å². The summed E-state index contributed by atoms with van der Waals surface area (Å²) in [5, 5.41) is 23.7. The van der Waals surface area contributed by atoms with Crippen molar-refractivity contribution < 1.29 is 24.9 Å². The van der Waals surface area contributed by atoms with Crippen LogP contribution in [0.25, 0.3) is 0 Å². The summed E-state index contributed by atoms with van der Waals surface area (Å²) in [7, 11) is 0. The molecule has 4 rings (SSSR count). The number of rotatable bonds is 5. The molecule has 1 saturated carbocycles. The lowest BCUT2D eigenvalue weighted by Gasteiger charge is -2.34. The Balaban J connectivity index is 0.000000582. The van der Waals surface area contributed by atoms with E-state index in [0.717, 1.165) is 37.8 Å². The first kappa shape index (κ1) is 27.2. The van der Waals surface area contributed by atoms with Gasteiger partial charge in [0.15, 0.2) is 0 Å². The van der Waals surface area contributed by atoms with E-state index in [2.05, 4.69) is 47.6 Å². The number of nitrogens with zero attached hydrogens (tertiary/aromatic N) is 3. The van der Waals surface area contributed by atoms with E-state index >= 15 is 0 Å². The number of hydrogen-bond acceptors (Lipinski definition) is 6. The maximum absolute atomic E-state index is 9.89. The molecule has 2 aliphatic heterocycles. The zero-order chi connectivity index (χ0) is 24.4. The molecule has 3 fully saturated rings. The van der Waals surface area contributed by atoms with E-state index < -0.39 is 0 Å². The van der Waals surface area contributed by atoms with Crippen molar-refractivity contribution in [3.8, 4) is 0 Å². The van der Waals surface area contributed by atoms with E-state index in [1.54, 1.807) is 0 Å². The van der Waals surface area contributed by atoms with E-state index in [9.17, 15) is 5.11 Å². The SMILES string of the molecule is CCN1CCN(Cc2cc(C)cc(CN3C[C@H]4CC(O)C[C@H]4C3)c2C)CC1.O=CO.O=CO. The molecule has 1 aromatic rings. The Labute approximate surface area is 197 Å². The predicted octanol–water partition coefficient (Wildman–Crippen LogP) is 2.05. The van der Waals surface area contributed by atoms with E-state index in [1.165, 1.54) is 68.1 Å². The Morgan fingerprint density at radius 1 is 0.848 bits per heavy atom. The molecule has 2 saturated heterocycles. The average Bonchev–Trinajstić information content (AvgIpc) is 3.29. The summed E-state index contributed by atoms with van der Waals surface area (Å²) in [6.45, 7) is 16.8. The lowest BCUT2D eigenvalue weighted by molar-refractivity contribution is -0.123. The Morgan fingerprint density at radius 2 is 1.27 bits per heavy atom. The number of carboxylic acid groups (broad SMARTS) is 2. The normalized spacial score (nSPS) is 25.4. The number of aliphatic hydroxyl groups is 1. The minimum Gasteiger partial charge on any atom is -0.483 e. The molecule has 0 aromatic heterocycles. The van der Waals surface area contributed by atoms with Crippen LogP contribution in [0.15, 0.2) is 12.1 Å². The lowest BCUT2D eigenvalue weighted by atomic mass is 9.98. The first-order valence-corrected chi connectivity index (χ1v) is 11.9. The van der Waals surface area contributed by atoms with Crippen molar-refractivity contribution >= 4 is 12.9 Å². The summed E-state index contributed by atoms with van der Waals surface area (Å²) >= 11 is 0. The summed E-state index contributed by atoms with van der Waals surface area (Å²) in [5.74, 6) is 1.44. The van der Waals surface area contributed by atoms with Gasteiger partial charge < -0.3 is 20.2 Å². The van der Waals surface area contributed by atoms with Gasteiger partial charge in [-0.3, -0.25) is 19.4 Å². The molecule has 0 spiro atoms. The van der Waals surface area contributed by atoms with Gasteiger partial charge in [0, 0.05) is 52.4 Å². The van der Waals surface area contributed by atoms with Crippen LogP contribution >= 0.6 is 0 Å². The second-order valence-electron chi connectivity index (χ2n) is 9.47. The number of fused-ring (bicyclic) bond motifs is 1. The van der Waals surface area contributed by atoms with Gasteiger partial charge in [0.05, 0.1) is 6.10 Å². The standard InChI is InChI=1S/C23H37N3O.2CH2O2/c1-4-24-5-7-25(8-6-24)13-19-9-17(2)10-20(18(19)3)14-26-15-21-11-23(27)12-22(21)16-26;2*2-1-3/h9-10,21-23,27H,4-8,11-16H2,1-3H3;2*1H,(H,2,3)/t21-,22+,23?;;. The van der Waals surface area contributed by atoms with Gasteiger partial charge in [-0.25, -0.2) is 0 Å². The summed E-state index contributed by atoms with van der Waals surface area (Å²) in [6, 6.07) is 4.80. The van der Waals surface area contributed by atoms with Crippen LogP contribution in [-0.2, 0) is 22.7 Å². The minimum atomic E-state index is -0.250. The van der Waals surface area contributed by atoms with Crippen molar-refractivity contribution in [1.29, 1.82) is 0 Å². The fourth-order valence-electron chi connectivity index (χ4n) is 5.58. The number of aryl methyl sites for hydroxylation is 1. The number of hydrogen-bond donors (Lipinski definition) is 3. The topological polar surface area (TPSA) is 105 Å². The molecule has 3 N–H and O–H groups in total. The highest BCUT2D eigenvalue weighted by atomic mass is 16.3. The number of carbonyl (C=O) groups is 2. The monoisotopic (exact) mass is 463 g/mol. The fraction of sp³-hybridized carbons (Fsp3) is 0.680. The smallest absolute Gasteiger partial charge is 0.290 e. The molecule has 1 aliphatic carbocycles. The zero-order valence-corrected chi connectivity index (χ0v) is 20.3. The summed E-state index contributed by atoms with van der Waals surface area (Å²) in [4.78, 5) is 24.5. The fourth-order valence-corrected chi connectivity index (χ4v) is 5.58. The molecule has 1 aromatic carbocycles. The molecule has 33 heavy (non-hydrogen) atoms. The molecule has 0 bridgehead atoms. The Bertz CT molecular complexity index is 732. The predicted molar refractivity (Wildman–Crippen MR) is 128 cm³/mol. The lowest BCUT2D eigenvalue weighted by Crippen LogP contribution is -2.45. The van der Waals surface area contributed by atoms with Crippen molar-refractivity contribution in [3.05, 3.63) is 34.4 Å². The third kappa shape index (κ3) is 8.07. The molecule has 8 nitrogen and oxygen atoms in total. The molecule has 0 amide bonds. The van der Waals surface area contributed by atoms with Gasteiger partial charge in [-0.05, 0) is 61.8 Å². The Kier molecular flexibility index (Phi) is 11.3. The largest absolute Gasteiger partial charge is 0.483 e. The van der Waals surface area contributed by atoms with Crippen molar-refractivity contribution in [2.75, 3.05) is 45.8 Å². The highest BCUT2D eigenvalue weighted by molar-refractivity contribution is 5.38. The van der Waals surface area contributed by atoms with Gasteiger partial charge in [-0.15, -0.1) is 0 Å². The summed E-state index contributed by atoms with van der Waals surface area (Å²) in [5.41, 5.74) is 5.92. The van der Waals surface area contributed by atoms with Crippen LogP contribution in [0.3, 0.4) is 0 Å². The maximum atomic E-state index is 9.89. The minimum absolute atomic E-state index is 0.0392. The summed E-state index contributed by atoms with van der Waals surface area (Å²) < 4.78 is 0. The number of benzene rings is 1. The maximum Gasteiger partial charge on any atom is 0.290 e. The van der Waals surface area contributed by atoms with Crippen LogP contribution in [0.1, 0.15) is 42.0 Å².